The van der Waals surface area contributed by atoms with Crippen LogP contribution in [-0.2, 0) is 6.54 Å². The Bertz CT molecular complexity index is 446. The minimum absolute atomic E-state index is 0.151. The van der Waals surface area contributed by atoms with E-state index in [0.29, 0.717) is 6.54 Å². The van der Waals surface area contributed by atoms with Gasteiger partial charge < -0.3 is 16.0 Å². The first-order valence-corrected chi connectivity index (χ1v) is 7.74. The average molecular weight is 290 g/mol. The van der Waals surface area contributed by atoms with Crippen molar-refractivity contribution in [3.63, 3.8) is 0 Å². The fraction of sp³-hybridized carbons (Fsp3) is 0.588. The molecule has 0 spiro atoms. The Labute approximate surface area is 129 Å². The Balaban J connectivity index is 2.48. The third kappa shape index (κ3) is 7.71. The van der Waals surface area contributed by atoms with Crippen molar-refractivity contribution in [1.82, 2.24) is 16.0 Å². The molecule has 0 saturated heterocycles. The molecule has 0 heterocycles. The maximum Gasteiger partial charge on any atom is 0.191 e. The minimum atomic E-state index is 0.151. The van der Waals surface area contributed by atoms with Crippen molar-refractivity contribution in [3.8, 4) is 0 Å². The molecular formula is C17H30N4. The van der Waals surface area contributed by atoms with E-state index in [1.165, 1.54) is 11.1 Å². The molecule has 21 heavy (non-hydrogen) atoms. The first-order valence-electron chi connectivity index (χ1n) is 7.74. The number of nitrogens with zero attached hydrogens (tertiary/aromatic N) is 1. The van der Waals surface area contributed by atoms with Gasteiger partial charge in [0, 0.05) is 25.2 Å². The van der Waals surface area contributed by atoms with Crippen LogP contribution < -0.4 is 16.0 Å². The Kier molecular flexibility index (Phi) is 7.23. The van der Waals surface area contributed by atoms with Gasteiger partial charge in [-0.05, 0) is 45.7 Å². The summed E-state index contributed by atoms with van der Waals surface area (Å²) in [5, 5.41) is 10.1. The number of benzene rings is 1. The van der Waals surface area contributed by atoms with Crippen molar-refractivity contribution >= 4 is 5.96 Å². The molecule has 118 valence electrons. The van der Waals surface area contributed by atoms with Crippen molar-refractivity contribution < 1.29 is 0 Å². The summed E-state index contributed by atoms with van der Waals surface area (Å²) in [4.78, 5) is 4.65. The Morgan fingerprint density at radius 1 is 1.10 bits per heavy atom. The van der Waals surface area contributed by atoms with Crippen LogP contribution in [0.25, 0.3) is 0 Å². The maximum atomic E-state index is 4.65. The van der Waals surface area contributed by atoms with E-state index in [1.807, 2.05) is 0 Å². The summed E-state index contributed by atoms with van der Waals surface area (Å²) in [5.41, 5.74) is 2.70. The summed E-state index contributed by atoms with van der Waals surface area (Å²) < 4.78 is 0. The van der Waals surface area contributed by atoms with E-state index in [1.54, 1.807) is 0 Å². The number of aliphatic imine (C=N–C) groups is 1. The average Bonchev–Trinajstić information content (AvgIpc) is 2.41. The van der Waals surface area contributed by atoms with Crippen LogP contribution >= 0.6 is 0 Å². The number of nitrogens with one attached hydrogen (secondary N) is 3. The van der Waals surface area contributed by atoms with Gasteiger partial charge in [0.1, 0.15) is 0 Å². The second-order valence-electron chi connectivity index (χ2n) is 6.23. The Morgan fingerprint density at radius 2 is 1.81 bits per heavy atom. The predicted octanol–water partition coefficient (Wildman–Crippen LogP) is 2.44. The van der Waals surface area contributed by atoms with Crippen molar-refractivity contribution in [3.05, 3.63) is 35.4 Å². The standard InChI is InChI=1S/C17H30N4/c1-6-18-16(19-11-12-21-17(3,4)5)20-13-15-10-8-7-9-14(15)2/h7-10,21H,6,11-13H2,1-5H3,(H2,18,19,20). The number of guanidine groups is 1. The van der Waals surface area contributed by atoms with E-state index in [2.05, 4.69) is 79.8 Å². The van der Waals surface area contributed by atoms with Crippen LogP contribution in [0, 0.1) is 6.92 Å². The molecule has 1 rings (SSSR count). The highest BCUT2D eigenvalue weighted by atomic mass is 15.2. The van der Waals surface area contributed by atoms with Gasteiger partial charge in [-0.2, -0.15) is 0 Å². The highest BCUT2D eigenvalue weighted by Crippen LogP contribution is 2.07. The van der Waals surface area contributed by atoms with Crippen LogP contribution in [0.3, 0.4) is 0 Å². The van der Waals surface area contributed by atoms with Crippen LogP contribution in [0.15, 0.2) is 29.3 Å². The zero-order valence-corrected chi connectivity index (χ0v) is 14.1. The van der Waals surface area contributed by atoms with Crippen molar-refractivity contribution in [2.75, 3.05) is 19.6 Å². The molecule has 0 bridgehead atoms. The zero-order chi connectivity index (χ0) is 15.7. The molecule has 0 aromatic heterocycles. The normalized spacial score (nSPS) is 12.3. The first-order chi connectivity index (χ1) is 9.92. The monoisotopic (exact) mass is 290 g/mol. The molecule has 0 aliphatic carbocycles. The lowest BCUT2D eigenvalue weighted by Crippen LogP contribution is -2.44. The quantitative estimate of drug-likeness (QED) is 0.428. The molecule has 0 amide bonds. The number of rotatable bonds is 6. The molecule has 4 heteroatoms. The number of aryl methyl sites for hydroxylation is 1. The molecule has 1 aromatic rings. The smallest absolute Gasteiger partial charge is 0.191 e. The van der Waals surface area contributed by atoms with Gasteiger partial charge in [-0.25, -0.2) is 4.99 Å². The van der Waals surface area contributed by atoms with E-state index in [0.717, 1.165) is 25.6 Å². The lowest BCUT2D eigenvalue weighted by molar-refractivity contribution is 0.428. The predicted molar refractivity (Wildman–Crippen MR) is 91.8 cm³/mol. The molecule has 4 nitrogen and oxygen atoms in total. The maximum absolute atomic E-state index is 4.65. The lowest BCUT2D eigenvalue weighted by Gasteiger charge is -2.21. The summed E-state index contributed by atoms with van der Waals surface area (Å²) in [5.74, 6) is 0.872. The summed E-state index contributed by atoms with van der Waals surface area (Å²) in [7, 11) is 0. The van der Waals surface area contributed by atoms with Crippen molar-refractivity contribution in [2.24, 2.45) is 4.99 Å². The first kappa shape index (κ1) is 17.5. The topological polar surface area (TPSA) is 48.5 Å². The van der Waals surface area contributed by atoms with E-state index in [4.69, 9.17) is 0 Å². The number of hydrogen-bond donors (Lipinski definition) is 3. The lowest BCUT2D eigenvalue weighted by atomic mass is 10.1. The van der Waals surface area contributed by atoms with Crippen molar-refractivity contribution in [2.45, 2.75) is 46.7 Å². The van der Waals surface area contributed by atoms with Crippen molar-refractivity contribution in [1.29, 1.82) is 0 Å². The van der Waals surface area contributed by atoms with E-state index in [-0.39, 0.29) is 5.54 Å². The summed E-state index contributed by atoms with van der Waals surface area (Å²) in [6, 6.07) is 8.37. The second kappa shape index (κ2) is 8.67. The molecule has 0 aliphatic heterocycles. The molecule has 1 aromatic carbocycles. The summed E-state index contributed by atoms with van der Waals surface area (Å²) in [6.45, 7) is 14.1. The van der Waals surface area contributed by atoms with Gasteiger partial charge in [-0.1, -0.05) is 24.3 Å². The van der Waals surface area contributed by atoms with E-state index < -0.39 is 0 Å². The largest absolute Gasteiger partial charge is 0.357 e. The molecule has 0 aliphatic rings. The molecule has 0 atom stereocenters. The van der Waals surface area contributed by atoms with Gasteiger partial charge in [-0.15, -0.1) is 0 Å². The van der Waals surface area contributed by atoms with Crippen LogP contribution in [0.5, 0.6) is 0 Å². The molecule has 0 unspecified atom stereocenters. The third-order valence-corrected chi connectivity index (χ3v) is 3.09. The highest BCUT2D eigenvalue weighted by Gasteiger charge is 2.07. The van der Waals surface area contributed by atoms with Gasteiger partial charge in [0.15, 0.2) is 5.96 Å². The Hall–Kier alpha value is -1.55. The van der Waals surface area contributed by atoms with Gasteiger partial charge in [0.05, 0.1) is 6.54 Å². The zero-order valence-electron chi connectivity index (χ0n) is 14.1. The minimum Gasteiger partial charge on any atom is -0.357 e. The van der Waals surface area contributed by atoms with E-state index >= 15 is 0 Å². The van der Waals surface area contributed by atoms with Gasteiger partial charge in [-0.3, -0.25) is 0 Å². The van der Waals surface area contributed by atoms with E-state index in [9.17, 15) is 0 Å². The molecular weight excluding hydrogens is 260 g/mol. The number of hydrogen-bond acceptors (Lipinski definition) is 2. The molecule has 0 saturated carbocycles. The highest BCUT2D eigenvalue weighted by molar-refractivity contribution is 5.79. The molecule has 0 fully saturated rings. The SMILES string of the molecule is CCNC(=NCc1ccccc1C)NCCNC(C)(C)C. The van der Waals surface area contributed by atoms with Crippen LogP contribution in [0.4, 0.5) is 0 Å². The summed E-state index contributed by atoms with van der Waals surface area (Å²) >= 11 is 0. The third-order valence-electron chi connectivity index (χ3n) is 3.09. The fourth-order valence-corrected chi connectivity index (χ4v) is 1.91. The van der Waals surface area contributed by atoms with Gasteiger partial charge in [0.2, 0.25) is 0 Å². The van der Waals surface area contributed by atoms with Gasteiger partial charge in [0.25, 0.3) is 0 Å². The Morgan fingerprint density at radius 3 is 2.43 bits per heavy atom. The summed E-state index contributed by atoms with van der Waals surface area (Å²) in [6.07, 6.45) is 0. The van der Waals surface area contributed by atoms with Gasteiger partial charge >= 0.3 is 0 Å². The van der Waals surface area contributed by atoms with Crippen LogP contribution in [-0.4, -0.2) is 31.1 Å². The van der Waals surface area contributed by atoms with Crippen LogP contribution in [0.2, 0.25) is 0 Å². The van der Waals surface area contributed by atoms with Crippen LogP contribution in [0.1, 0.15) is 38.8 Å². The second-order valence-corrected chi connectivity index (χ2v) is 6.23. The molecule has 0 radical (unpaired) electrons. The fourth-order valence-electron chi connectivity index (χ4n) is 1.91. The molecule has 3 N–H and O–H groups in total.